The molecule has 2 rings (SSSR count). The number of piperazine rings is 1. The second kappa shape index (κ2) is 6.15. The number of hydrogen-bond donors (Lipinski definition) is 4. The summed E-state index contributed by atoms with van der Waals surface area (Å²) in [5.74, 6) is -0.302. The summed E-state index contributed by atoms with van der Waals surface area (Å²) in [5.41, 5.74) is 0.448. The van der Waals surface area contributed by atoms with E-state index in [1.807, 2.05) is 0 Å². The fourth-order valence-corrected chi connectivity index (χ4v) is 1.20. The minimum Gasteiger partial charge on any atom is -0.314 e. The van der Waals surface area contributed by atoms with Gasteiger partial charge < -0.3 is 16.0 Å². The van der Waals surface area contributed by atoms with Crippen molar-refractivity contribution < 1.29 is 9.59 Å². The van der Waals surface area contributed by atoms with Crippen molar-refractivity contribution in [1.82, 2.24) is 21.3 Å². The third-order valence-electron chi connectivity index (χ3n) is 1.87. The maximum Gasteiger partial charge on any atom is 0.325 e. The molecule has 0 bridgehead atoms. The predicted octanol–water partition coefficient (Wildman–Crippen LogP) is -1.09. The molecule has 6 nitrogen and oxygen atoms in total. The third-order valence-corrected chi connectivity index (χ3v) is 1.87. The van der Waals surface area contributed by atoms with E-state index in [0.29, 0.717) is 5.70 Å². The molecule has 2 heterocycles. The maximum atomic E-state index is 10.5. The van der Waals surface area contributed by atoms with E-state index in [2.05, 4.69) is 27.8 Å². The van der Waals surface area contributed by atoms with Crippen molar-refractivity contribution in [1.29, 1.82) is 0 Å². The summed E-state index contributed by atoms with van der Waals surface area (Å²) < 4.78 is 0. The molecule has 0 atom stereocenters. The molecule has 0 aromatic rings. The average molecular weight is 212 g/mol. The number of imide groups is 1. The molecular weight excluding hydrogens is 196 g/mol. The molecule has 2 aliphatic heterocycles. The Hall–Kier alpha value is -1.40. The minimum absolute atomic E-state index is 0.186. The van der Waals surface area contributed by atoms with E-state index in [9.17, 15) is 9.59 Å². The Kier molecular flexibility index (Phi) is 4.79. The molecule has 15 heavy (non-hydrogen) atoms. The smallest absolute Gasteiger partial charge is 0.314 e. The lowest BCUT2D eigenvalue weighted by Gasteiger charge is -2.13. The van der Waals surface area contributed by atoms with E-state index in [1.54, 1.807) is 0 Å². The predicted molar refractivity (Wildman–Crippen MR) is 56.2 cm³/mol. The van der Waals surface area contributed by atoms with E-state index in [1.165, 1.54) is 0 Å². The van der Waals surface area contributed by atoms with Crippen molar-refractivity contribution in [2.45, 2.75) is 6.42 Å². The minimum atomic E-state index is -0.490. The van der Waals surface area contributed by atoms with Crippen LogP contribution >= 0.6 is 0 Å². The van der Waals surface area contributed by atoms with Crippen LogP contribution in [0.2, 0.25) is 0 Å². The van der Waals surface area contributed by atoms with E-state index in [0.717, 1.165) is 26.2 Å². The summed E-state index contributed by atoms with van der Waals surface area (Å²) in [5, 5.41) is 10.8. The quantitative estimate of drug-likeness (QED) is 0.411. The highest BCUT2D eigenvalue weighted by Crippen LogP contribution is 1.96. The lowest BCUT2D eigenvalue weighted by molar-refractivity contribution is -0.119. The Morgan fingerprint density at radius 3 is 1.80 bits per heavy atom. The average Bonchev–Trinajstić information content (AvgIpc) is 2.19. The van der Waals surface area contributed by atoms with Gasteiger partial charge in [0.2, 0.25) is 5.91 Å². The van der Waals surface area contributed by atoms with Crippen molar-refractivity contribution in [2.24, 2.45) is 0 Å². The van der Waals surface area contributed by atoms with Crippen molar-refractivity contribution in [2.75, 3.05) is 26.2 Å². The standard InChI is InChI=1S/C5H6N2O2.C4H10N2/c1-3-2-4(8)7-5(9)6-3;1-2-6-4-3-5-1/h1-2H2,(H2,6,7,8,9);5-6H,1-4H2. The molecule has 84 valence electrons. The summed E-state index contributed by atoms with van der Waals surface area (Å²) in [7, 11) is 0. The second-order valence-corrected chi connectivity index (χ2v) is 3.28. The van der Waals surface area contributed by atoms with Crippen molar-refractivity contribution in [3.63, 3.8) is 0 Å². The van der Waals surface area contributed by atoms with E-state index in [4.69, 9.17) is 0 Å². The van der Waals surface area contributed by atoms with Crippen LogP contribution in [0.25, 0.3) is 0 Å². The summed E-state index contributed by atoms with van der Waals surface area (Å²) in [6, 6.07) is -0.490. The van der Waals surface area contributed by atoms with Gasteiger partial charge in [0.1, 0.15) is 0 Å². The zero-order valence-electron chi connectivity index (χ0n) is 8.56. The van der Waals surface area contributed by atoms with Crippen LogP contribution in [0.4, 0.5) is 4.79 Å². The molecule has 0 spiro atoms. The summed E-state index contributed by atoms with van der Waals surface area (Å²) in [4.78, 5) is 20.8. The molecule has 0 aromatic heterocycles. The fourth-order valence-electron chi connectivity index (χ4n) is 1.20. The monoisotopic (exact) mass is 212 g/mol. The second-order valence-electron chi connectivity index (χ2n) is 3.28. The van der Waals surface area contributed by atoms with Gasteiger partial charge in [-0.3, -0.25) is 10.1 Å². The summed E-state index contributed by atoms with van der Waals surface area (Å²) in [6.07, 6.45) is 0.186. The molecule has 0 radical (unpaired) electrons. The van der Waals surface area contributed by atoms with Crippen LogP contribution in [0.5, 0.6) is 0 Å². The van der Waals surface area contributed by atoms with Crippen LogP contribution in [0.15, 0.2) is 12.3 Å². The Morgan fingerprint density at radius 2 is 1.47 bits per heavy atom. The van der Waals surface area contributed by atoms with Crippen LogP contribution in [0.3, 0.4) is 0 Å². The molecule has 2 saturated heterocycles. The van der Waals surface area contributed by atoms with E-state index >= 15 is 0 Å². The number of rotatable bonds is 0. The lowest BCUT2D eigenvalue weighted by atomic mass is 10.3. The number of nitrogens with one attached hydrogen (secondary N) is 4. The van der Waals surface area contributed by atoms with Gasteiger partial charge in [0.15, 0.2) is 0 Å². The van der Waals surface area contributed by atoms with E-state index in [-0.39, 0.29) is 12.3 Å². The van der Waals surface area contributed by atoms with Gasteiger partial charge in [-0.2, -0.15) is 0 Å². The zero-order valence-corrected chi connectivity index (χ0v) is 8.56. The van der Waals surface area contributed by atoms with Crippen molar-refractivity contribution >= 4 is 11.9 Å². The van der Waals surface area contributed by atoms with Crippen LogP contribution in [-0.2, 0) is 4.79 Å². The lowest BCUT2D eigenvalue weighted by Crippen LogP contribution is -2.44. The molecule has 0 aliphatic carbocycles. The van der Waals surface area contributed by atoms with Gasteiger partial charge in [-0.1, -0.05) is 6.58 Å². The SMILES string of the molecule is C1CNCCN1.C=C1CC(=O)NC(=O)N1. The largest absolute Gasteiger partial charge is 0.325 e. The molecule has 0 saturated carbocycles. The topological polar surface area (TPSA) is 82.3 Å². The highest BCUT2D eigenvalue weighted by atomic mass is 16.2. The normalized spacial score (nSPS) is 20.9. The molecule has 0 unspecified atom stereocenters. The van der Waals surface area contributed by atoms with Crippen LogP contribution < -0.4 is 21.3 Å². The highest BCUT2D eigenvalue weighted by molar-refractivity contribution is 5.98. The molecule has 2 fully saturated rings. The van der Waals surface area contributed by atoms with Gasteiger partial charge in [0.25, 0.3) is 0 Å². The van der Waals surface area contributed by atoms with Crippen molar-refractivity contribution in [3.8, 4) is 0 Å². The third kappa shape index (κ3) is 5.14. The zero-order chi connectivity index (χ0) is 11.1. The first-order chi connectivity index (χ1) is 7.18. The Bertz CT molecular complexity index is 204. The number of hydrogen-bond acceptors (Lipinski definition) is 4. The number of urea groups is 1. The maximum absolute atomic E-state index is 10.5. The van der Waals surface area contributed by atoms with Crippen LogP contribution in [0, 0.1) is 0 Å². The first-order valence-electron chi connectivity index (χ1n) is 4.88. The Balaban J connectivity index is 0.000000162. The molecule has 0 aromatic carbocycles. The molecule has 3 amide bonds. The number of carbonyl (C=O) groups excluding carboxylic acids is 2. The van der Waals surface area contributed by atoms with Gasteiger partial charge in [0, 0.05) is 31.9 Å². The van der Waals surface area contributed by atoms with Crippen molar-refractivity contribution in [3.05, 3.63) is 12.3 Å². The van der Waals surface area contributed by atoms with Crippen LogP contribution in [-0.4, -0.2) is 38.1 Å². The Labute approximate surface area is 88.5 Å². The highest BCUT2D eigenvalue weighted by Gasteiger charge is 2.15. The van der Waals surface area contributed by atoms with Crippen LogP contribution in [0.1, 0.15) is 6.42 Å². The van der Waals surface area contributed by atoms with Gasteiger partial charge in [0.05, 0.1) is 6.42 Å². The molecule has 2 aliphatic rings. The molecule has 6 heteroatoms. The summed E-state index contributed by atoms with van der Waals surface area (Å²) >= 11 is 0. The fraction of sp³-hybridized carbons (Fsp3) is 0.556. The van der Waals surface area contributed by atoms with Gasteiger partial charge in [-0.05, 0) is 0 Å². The summed E-state index contributed by atoms with van der Waals surface area (Å²) in [6.45, 7) is 7.98. The first-order valence-corrected chi connectivity index (χ1v) is 4.88. The van der Waals surface area contributed by atoms with Gasteiger partial charge in [-0.15, -0.1) is 0 Å². The van der Waals surface area contributed by atoms with E-state index < -0.39 is 6.03 Å². The Morgan fingerprint density at radius 1 is 0.933 bits per heavy atom. The number of carbonyl (C=O) groups is 2. The van der Waals surface area contributed by atoms with Gasteiger partial charge >= 0.3 is 6.03 Å². The number of amides is 3. The first kappa shape index (κ1) is 11.7. The molecular formula is C9H16N4O2. The molecule has 4 N–H and O–H groups in total. The van der Waals surface area contributed by atoms with Gasteiger partial charge in [-0.25, -0.2) is 4.79 Å².